The number of imide groups is 1. The van der Waals surface area contributed by atoms with Crippen LogP contribution in [0.2, 0.25) is 19.6 Å². The van der Waals surface area contributed by atoms with Gasteiger partial charge in [0.05, 0.1) is 23.6 Å². The molecule has 2 aliphatic rings. The first-order chi connectivity index (χ1) is 12.4. The van der Waals surface area contributed by atoms with E-state index in [-0.39, 0.29) is 23.8 Å². The van der Waals surface area contributed by atoms with Crippen LogP contribution < -0.4 is 4.90 Å². The summed E-state index contributed by atoms with van der Waals surface area (Å²) < 4.78 is 6.46. The number of para-hydroxylation sites is 1. The van der Waals surface area contributed by atoms with Crippen LogP contribution in [0.4, 0.5) is 5.69 Å². The Balaban J connectivity index is 1.79. The Morgan fingerprint density at radius 3 is 2.27 bits per heavy atom. The quantitative estimate of drug-likeness (QED) is 0.611. The fourth-order valence-corrected chi connectivity index (χ4v) is 5.12. The molecule has 0 N–H and O–H groups in total. The van der Waals surface area contributed by atoms with Gasteiger partial charge in [-0.3, -0.25) is 9.59 Å². The SMILES string of the molecule is C[Si](C)(C)O[C@H]1c2ccccc2C[C@H]2C(=O)N(c3ccccc3)C(=O)[C@H]21. The minimum atomic E-state index is -1.91. The minimum Gasteiger partial charge on any atom is -0.410 e. The Labute approximate surface area is 154 Å². The molecule has 0 unspecified atom stereocenters. The topological polar surface area (TPSA) is 46.6 Å². The predicted molar refractivity (Wildman–Crippen MR) is 103 cm³/mol. The maximum atomic E-state index is 13.3. The molecule has 26 heavy (non-hydrogen) atoms. The molecule has 1 aliphatic heterocycles. The number of carbonyl (C=O) groups is 2. The van der Waals surface area contributed by atoms with Gasteiger partial charge < -0.3 is 4.43 Å². The molecule has 1 heterocycles. The normalized spacial score (nSPS) is 25.2. The van der Waals surface area contributed by atoms with Crippen molar-refractivity contribution < 1.29 is 14.0 Å². The molecule has 1 saturated heterocycles. The Morgan fingerprint density at radius 2 is 1.58 bits per heavy atom. The fraction of sp³-hybridized carbons (Fsp3) is 0.333. The molecule has 0 aromatic heterocycles. The van der Waals surface area contributed by atoms with Crippen LogP contribution >= 0.6 is 0 Å². The molecule has 5 heteroatoms. The second-order valence-electron chi connectivity index (χ2n) is 8.03. The van der Waals surface area contributed by atoms with Crippen LogP contribution in [0.3, 0.4) is 0 Å². The van der Waals surface area contributed by atoms with E-state index in [4.69, 9.17) is 4.43 Å². The van der Waals surface area contributed by atoms with Crippen molar-refractivity contribution in [2.45, 2.75) is 32.2 Å². The Kier molecular flexibility index (Phi) is 4.08. The van der Waals surface area contributed by atoms with Gasteiger partial charge in [-0.2, -0.15) is 0 Å². The highest BCUT2D eigenvalue weighted by Crippen LogP contribution is 2.47. The second-order valence-corrected chi connectivity index (χ2v) is 12.5. The first-order valence-electron chi connectivity index (χ1n) is 9.05. The van der Waals surface area contributed by atoms with E-state index < -0.39 is 14.2 Å². The van der Waals surface area contributed by atoms with Gasteiger partial charge in [0.1, 0.15) is 0 Å². The number of nitrogens with zero attached hydrogens (tertiary/aromatic N) is 1. The molecular formula is C21H23NO3Si. The minimum absolute atomic E-state index is 0.107. The van der Waals surface area contributed by atoms with Crippen molar-refractivity contribution in [1.82, 2.24) is 0 Å². The number of hydrogen-bond donors (Lipinski definition) is 0. The summed E-state index contributed by atoms with van der Waals surface area (Å²) in [6, 6.07) is 17.3. The van der Waals surface area contributed by atoms with Crippen molar-refractivity contribution in [3.63, 3.8) is 0 Å². The van der Waals surface area contributed by atoms with Gasteiger partial charge in [-0.05, 0) is 49.3 Å². The Bertz CT molecular complexity index is 859. The lowest BCUT2D eigenvalue weighted by Crippen LogP contribution is -2.39. The summed E-state index contributed by atoms with van der Waals surface area (Å²) in [6.45, 7) is 6.36. The van der Waals surface area contributed by atoms with E-state index in [0.29, 0.717) is 12.1 Å². The highest BCUT2D eigenvalue weighted by Gasteiger charge is 2.55. The van der Waals surface area contributed by atoms with Crippen LogP contribution in [0.25, 0.3) is 0 Å². The van der Waals surface area contributed by atoms with Crippen molar-refractivity contribution in [2.75, 3.05) is 4.90 Å². The average molecular weight is 366 g/mol. The second kappa shape index (κ2) is 6.18. The molecule has 1 fully saturated rings. The molecule has 1 aliphatic carbocycles. The standard InChI is InChI=1S/C21H23NO3Si/c1-26(2,3)25-19-16-12-8-7-9-14(16)13-17-18(19)21(24)22(20(17)23)15-10-5-4-6-11-15/h4-12,17-19H,13H2,1-3H3/t17-,18-,19+/m1/s1. The fourth-order valence-electron chi connectivity index (χ4n) is 4.08. The molecule has 0 bridgehead atoms. The van der Waals surface area contributed by atoms with E-state index in [9.17, 15) is 9.59 Å². The molecule has 2 aromatic carbocycles. The van der Waals surface area contributed by atoms with E-state index >= 15 is 0 Å². The maximum Gasteiger partial charge on any atom is 0.240 e. The van der Waals surface area contributed by atoms with Gasteiger partial charge in [0.2, 0.25) is 11.8 Å². The molecule has 2 aromatic rings. The summed E-state index contributed by atoms with van der Waals surface area (Å²) in [5.74, 6) is -1.03. The van der Waals surface area contributed by atoms with Gasteiger partial charge in [-0.1, -0.05) is 42.5 Å². The third-order valence-electron chi connectivity index (χ3n) is 5.10. The van der Waals surface area contributed by atoms with E-state index in [1.807, 2.05) is 48.5 Å². The van der Waals surface area contributed by atoms with Gasteiger partial charge in [0.15, 0.2) is 8.32 Å². The van der Waals surface area contributed by atoms with E-state index in [2.05, 4.69) is 25.7 Å². The lowest BCUT2D eigenvalue weighted by atomic mass is 9.75. The number of fused-ring (bicyclic) bond motifs is 2. The van der Waals surface area contributed by atoms with Crippen LogP contribution in [0, 0.1) is 11.8 Å². The summed E-state index contributed by atoms with van der Waals surface area (Å²) in [6.07, 6.45) is 0.252. The van der Waals surface area contributed by atoms with Gasteiger partial charge in [0, 0.05) is 0 Å². The zero-order valence-electron chi connectivity index (χ0n) is 15.3. The lowest BCUT2D eigenvalue weighted by molar-refractivity contribution is -0.124. The van der Waals surface area contributed by atoms with E-state index in [1.54, 1.807) is 0 Å². The largest absolute Gasteiger partial charge is 0.410 e. The van der Waals surface area contributed by atoms with Gasteiger partial charge >= 0.3 is 0 Å². The highest BCUT2D eigenvalue weighted by atomic mass is 28.4. The van der Waals surface area contributed by atoms with Gasteiger partial charge in [-0.15, -0.1) is 0 Å². The number of carbonyl (C=O) groups excluding carboxylic acids is 2. The average Bonchev–Trinajstić information content (AvgIpc) is 2.85. The van der Waals surface area contributed by atoms with Crippen LogP contribution in [0.15, 0.2) is 54.6 Å². The Morgan fingerprint density at radius 1 is 0.923 bits per heavy atom. The van der Waals surface area contributed by atoms with Crippen LogP contribution in [0.1, 0.15) is 17.2 Å². The molecular weight excluding hydrogens is 342 g/mol. The van der Waals surface area contributed by atoms with Crippen LogP contribution in [-0.2, 0) is 20.4 Å². The molecule has 0 saturated carbocycles. The van der Waals surface area contributed by atoms with Crippen LogP contribution in [-0.4, -0.2) is 20.1 Å². The number of rotatable bonds is 3. The Hall–Kier alpha value is -2.24. The monoisotopic (exact) mass is 365 g/mol. The molecule has 134 valence electrons. The molecule has 2 amide bonds. The van der Waals surface area contributed by atoms with Crippen LogP contribution in [0.5, 0.6) is 0 Å². The smallest absolute Gasteiger partial charge is 0.240 e. The van der Waals surface area contributed by atoms with Crippen molar-refractivity contribution in [3.05, 3.63) is 65.7 Å². The first kappa shape index (κ1) is 17.2. The molecule has 0 spiro atoms. The first-order valence-corrected chi connectivity index (χ1v) is 12.5. The molecule has 4 rings (SSSR count). The number of anilines is 1. The van der Waals surface area contributed by atoms with Crippen molar-refractivity contribution in [3.8, 4) is 0 Å². The summed E-state index contributed by atoms with van der Waals surface area (Å²) in [7, 11) is -1.91. The van der Waals surface area contributed by atoms with E-state index in [0.717, 1.165) is 11.1 Å². The predicted octanol–water partition coefficient (Wildman–Crippen LogP) is 3.94. The van der Waals surface area contributed by atoms with E-state index in [1.165, 1.54) is 4.90 Å². The summed E-state index contributed by atoms with van der Waals surface area (Å²) in [5.41, 5.74) is 2.83. The number of amides is 2. The van der Waals surface area contributed by atoms with Crippen molar-refractivity contribution in [1.29, 1.82) is 0 Å². The summed E-state index contributed by atoms with van der Waals surface area (Å²) >= 11 is 0. The maximum absolute atomic E-state index is 13.3. The molecule has 4 nitrogen and oxygen atoms in total. The molecule has 0 radical (unpaired) electrons. The lowest BCUT2D eigenvalue weighted by Gasteiger charge is -2.36. The third kappa shape index (κ3) is 2.81. The van der Waals surface area contributed by atoms with Crippen molar-refractivity contribution in [2.24, 2.45) is 11.8 Å². The highest BCUT2D eigenvalue weighted by molar-refractivity contribution is 6.69. The number of hydrogen-bond acceptors (Lipinski definition) is 3. The zero-order chi connectivity index (χ0) is 18.5. The summed E-state index contributed by atoms with van der Waals surface area (Å²) in [5, 5.41) is 0. The zero-order valence-corrected chi connectivity index (χ0v) is 16.3. The van der Waals surface area contributed by atoms with Gasteiger partial charge in [0.25, 0.3) is 0 Å². The number of benzene rings is 2. The summed E-state index contributed by atoms with van der Waals surface area (Å²) in [4.78, 5) is 27.8. The van der Waals surface area contributed by atoms with Gasteiger partial charge in [-0.25, -0.2) is 4.90 Å². The third-order valence-corrected chi connectivity index (χ3v) is 6.06. The molecule has 3 atom stereocenters. The van der Waals surface area contributed by atoms with Crippen molar-refractivity contribution >= 4 is 25.8 Å².